The molecule has 0 aliphatic heterocycles. The van der Waals surface area contributed by atoms with E-state index in [0.29, 0.717) is 11.3 Å². The van der Waals surface area contributed by atoms with Crippen molar-refractivity contribution in [1.82, 2.24) is 9.47 Å². The second-order valence-electron chi connectivity index (χ2n) is 7.58. The number of hydrogen-bond acceptors (Lipinski definition) is 6. The average molecular weight is 438 g/mol. The molecule has 32 heavy (non-hydrogen) atoms. The number of amides is 1. The molecule has 1 N–H and O–H groups in total. The van der Waals surface area contributed by atoms with Crippen molar-refractivity contribution in [2.75, 3.05) is 13.1 Å². The number of rotatable bonds is 10. The quantitative estimate of drug-likeness (QED) is 0.514. The zero-order valence-electron chi connectivity index (χ0n) is 19.3. The largest absolute Gasteiger partial charge is 0.493 e. The molecule has 0 bridgehead atoms. The van der Waals surface area contributed by atoms with E-state index in [1.807, 2.05) is 11.0 Å². The fraction of sp³-hybridized carbons (Fsp3) is 0.458. The van der Waals surface area contributed by atoms with Crippen LogP contribution in [0.4, 0.5) is 11.4 Å². The summed E-state index contributed by atoms with van der Waals surface area (Å²) in [6, 6.07) is 8.67. The molecule has 0 aliphatic rings. The minimum absolute atomic E-state index is 0.000550. The molecule has 0 saturated carbocycles. The standard InChI is InChI=1S/C24H31N5O3/c1-5-8-14-28(15-9-6-2)22(30)18-10-12-19(13-11-18)26-27-21-17(4)20(16-25)23(31)29(7-3)24(21)32/h10-13,31H,5-9,14-15H2,1-4H3. The van der Waals surface area contributed by atoms with Gasteiger partial charge in [0.05, 0.1) is 5.69 Å². The van der Waals surface area contributed by atoms with Crippen LogP contribution in [-0.4, -0.2) is 33.6 Å². The summed E-state index contributed by atoms with van der Waals surface area (Å²) in [7, 11) is 0. The van der Waals surface area contributed by atoms with Crippen molar-refractivity contribution in [3.05, 3.63) is 51.3 Å². The first-order chi connectivity index (χ1) is 15.4. The van der Waals surface area contributed by atoms with Crippen LogP contribution in [0.15, 0.2) is 39.3 Å². The molecule has 2 aromatic rings. The Morgan fingerprint density at radius 2 is 1.69 bits per heavy atom. The lowest BCUT2D eigenvalue weighted by Gasteiger charge is -2.22. The molecule has 0 saturated heterocycles. The zero-order valence-corrected chi connectivity index (χ0v) is 19.3. The summed E-state index contributed by atoms with van der Waals surface area (Å²) in [4.78, 5) is 27.4. The maximum Gasteiger partial charge on any atom is 0.281 e. The van der Waals surface area contributed by atoms with Crippen molar-refractivity contribution in [3.8, 4) is 11.9 Å². The Morgan fingerprint density at radius 3 is 2.19 bits per heavy atom. The number of pyridine rings is 1. The third kappa shape index (κ3) is 5.61. The molecule has 1 heterocycles. The highest BCUT2D eigenvalue weighted by molar-refractivity contribution is 5.94. The number of nitriles is 1. The summed E-state index contributed by atoms with van der Waals surface area (Å²) in [5, 5.41) is 27.6. The zero-order chi connectivity index (χ0) is 23.7. The molecule has 2 rings (SSSR count). The number of nitrogens with zero attached hydrogens (tertiary/aromatic N) is 5. The minimum Gasteiger partial charge on any atom is -0.493 e. The van der Waals surface area contributed by atoms with Gasteiger partial charge in [-0.2, -0.15) is 10.4 Å². The Morgan fingerprint density at radius 1 is 1.09 bits per heavy atom. The van der Waals surface area contributed by atoms with E-state index in [1.54, 1.807) is 38.1 Å². The highest BCUT2D eigenvalue weighted by Crippen LogP contribution is 2.27. The van der Waals surface area contributed by atoms with Gasteiger partial charge < -0.3 is 10.0 Å². The van der Waals surface area contributed by atoms with Gasteiger partial charge >= 0.3 is 0 Å². The van der Waals surface area contributed by atoms with Crippen molar-refractivity contribution in [3.63, 3.8) is 0 Å². The number of hydrogen-bond donors (Lipinski definition) is 1. The number of unbranched alkanes of at least 4 members (excludes halogenated alkanes) is 2. The van der Waals surface area contributed by atoms with Crippen LogP contribution >= 0.6 is 0 Å². The maximum absolute atomic E-state index is 12.9. The van der Waals surface area contributed by atoms with Crippen molar-refractivity contribution >= 4 is 17.3 Å². The summed E-state index contributed by atoms with van der Waals surface area (Å²) in [5.41, 5.74) is 0.824. The molecule has 0 spiro atoms. The Hall–Kier alpha value is -3.47. The van der Waals surface area contributed by atoms with E-state index in [9.17, 15) is 20.0 Å². The molecule has 0 fully saturated rings. The van der Waals surface area contributed by atoms with Gasteiger partial charge in [0.2, 0.25) is 5.88 Å². The van der Waals surface area contributed by atoms with E-state index in [-0.39, 0.29) is 35.1 Å². The van der Waals surface area contributed by atoms with Crippen molar-refractivity contribution in [2.45, 2.75) is 59.9 Å². The number of benzene rings is 1. The van der Waals surface area contributed by atoms with Gasteiger partial charge in [-0.15, -0.1) is 5.11 Å². The third-order valence-corrected chi connectivity index (χ3v) is 5.32. The van der Waals surface area contributed by atoms with Gasteiger partial charge in [0.15, 0.2) is 5.69 Å². The summed E-state index contributed by atoms with van der Waals surface area (Å²) in [6.07, 6.45) is 3.99. The summed E-state index contributed by atoms with van der Waals surface area (Å²) < 4.78 is 1.09. The molecule has 1 amide bonds. The van der Waals surface area contributed by atoms with Crippen LogP contribution in [0.5, 0.6) is 5.88 Å². The summed E-state index contributed by atoms with van der Waals surface area (Å²) in [5.74, 6) is -0.371. The monoisotopic (exact) mass is 437 g/mol. The molecule has 0 aliphatic carbocycles. The number of carbonyl (C=O) groups is 1. The Kier molecular flexibility index (Phi) is 9.14. The lowest BCUT2D eigenvalue weighted by molar-refractivity contribution is 0.0751. The Bertz CT molecular complexity index is 1060. The van der Waals surface area contributed by atoms with Gasteiger partial charge in [0.25, 0.3) is 11.5 Å². The molecule has 1 aromatic carbocycles. The van der Waals surface area contributed by atoms with Crippen LogP contribution < -0.4 is 5.56 Å². The molecule has 170 valence electrons. The van der Waals surface area contributed by atoms with Gasteiger partial charge in [-0.3, -0.25) is 14.2 Å². The normalized spacial score (nSPS) is 11.0. The number of azo groups is 1. The second-order valence-corrected chi connectivity index (χ2v) is 7.58. The second kappa shape index (κ2) is 11.8. The SMILES string of the molecule is CCCCN(CCCC)C(=O)c1ccc(N=Nc2c(C)c(C#N)c(O)n(CC)c2=O)cc1. The van der Waals surface area contributed by atoms with Crippen LogP contribution in [0.25, 0.3) is 0 Å². The van der Waals surface area contributed by atoms with Gasteiger partial charge in [0.1, 0.15) is 11.6 Å². The van der Waals surface area contributed by atoms with Crippen LogP contribution in [-0.2, 0) is 6.54 Å². The van der Waals surface area contributed by atoms with E-state index in [0.717, 1.165) is 43.3 Å². The third-order valence-electron chi connectivity index (χ3n) is 5.32. The predicted molar refractivity (Wildman–Crippen MR) is 124 cm³/mol. The van der Waals surface area contributed by atoms with Crippen LogP contribution in [0.2, 0.25) is 0 Å². The average Bonchev–Trinajstić information content (AvgIpc) is 2.79. The highest BCUT2D eigenvalue weighted by Gasteiger charge is 2.18. The van der Waals surface area contributed by atoms with Crippen LogP contribution in [0, 0.1) is 18.3 Å². The maximum atomic E-state index is 12.9. The minimum atomic E-state index is -0.514. The molecule has 0 radical (unpaired) electrons. The molecular formula is C24H31N5O3. The first kappa shape index (κ1) is 24.8. The smallest absolute Gasteiger partial charge is 0.281 e. The first-order valence-corrected chi connectivity index (χ1v) is 11.1. The fourth-order valence-corrected chi connectivity index (χ4v) is 3.32. The van der Waals surface area contributed by atoms with Gasteiger partial charge in [-0.25, -0.2) is 0 Å². The fourth-order valence-electron chi connectivity index (χ4n) is 3.32. The lowest BCUT2D eigenvalue weighted by Crippen LogP contribution is -2.32. The van der Waals surface area contributed by atoms with Crippen molar-refractivity contribution in [2.24, 2.45) is 10.2 Å². The highest BCUT2D eigenvalue weighted by atomic mass is 16.3. The van der Waals surface area contributed by atoms with E-state index < -0.39 is 5.56 Å². The van der Waals surface area contributed by atoms with Gasteiger partial charge in [-0.1, -0.05) is 26.7 Å². The van der Waals surface area contributed by atoms with E-state index in [1.165, 1.54) is 0 Å². The predicted octanol–water partition coefficient (Wildman–Crippen LogP) is 5.21. The van der Waals surface area contributed by atoms with Gasteiger partial charge in [-0.05, 0) is 51.0 Å². The molecular weight excluding hydrogens is 406 g/mol. The van der Waals surface area contributed by atoms with E-state index in [4.69, 9.17) is 0 Å². The van der Waals surface area contributed by atoms with E-state index >= 15 is 0 Å². The number of aromatic hydroxyl groups is 1. The summed E-state index contributed by atoms with van der Waals surface area (Å²) >= 11 is 0. The van der Waals surface area contributed by atoms with Crippen molar-refractivity contribution < 1.29 is 9.90 Å². The molecule has 8 heteroatoms. The van der Waals surface area contributed by atoms with Crippen LogP contribution in [0.1, 0.15) is 67.9 Å². The van der Waals surface area contributed by atoms with Crippen LogP contribution in [0.3, 0.4) is 0 Å². The van der Waals surface area contributed by atoms with Gasteiger partial charge in [0, 0.05) is 30.8 Å². The Labute approximate surface area is 188 Å². The number of aromatic nitrogens is 1. The molecule has 0 unspecified atom stereocenters. The van der Waals surface area contributed by atoms with Crippen molar-refractivity contribution in [1.29, 1.82) is 5.26 Å². The molecule has 0 atom stereocenters. The van der Waals surface area contributed by atoms with E-state index in [2.05, 4.69) is 24.1 Å². The number of carbonyl (C=O) groups excluding carboxylic acids is 1. The first-order valence-electron chi connectivity index (χ1n) is 11.1. The summed E-state index contributed by atoms with van der Waals surface area (Å²) in [6.45, 7) is 9.13. The Balaban J connectivity index is 2.29. The molecule has 8 nitrogen and oxygen atoms in total. The lowest BCUT2D eigenvalue weighted by atomic mass is 10.1. The molecule has 1 aromatic heterocycles. The topological polar surface area (TPSA) is 111 Å².